The van der Waals surface area contributed by atoms with Crippen LogP contribution >= 0.6 is 0 Å². The first-order chi connectivity index (χ1) is 6.33. The molecule has 0 bridgehead atoms. The van der Waals surface area contributed by atoms with Crippen molar-refractivity contribution in [3.05, 3.63) is 0 Å². The van der Waals surface area contributed by atoms with Gasteiger partial charge in [0.1, 0.15) is 0 Å². The Bertz CT molecular complexity index is 158. The maximum Gasteiger partial charge on any atom is 0.421 e. The largest absolute Gasteiger partial charge is 0.449 e. The third-order valence-corrected chi connectivity index (χ3v) is 2.21. The second kappa shape index (κ2) is 5.80. The molecule has 1 saturated carbocycles. The molecule has 0 aromatic rings. The summed E-state index contributed by atoms with van der Waals surface area (Å²) in [6, 6.07) is 0.457. The average molecular weight is 186 g/mol. The van der Waals surface area contributed by atoms with Crippen molar-refractivity contribution >= 4 is 6.09 Å². The van der Waals surface area contributed by atoms with E-state index in [1.165, 1.54) is 6.42 Å². The van der Waals surface area contributed by atoms with Gasteiger partial charge in [0.15, 0.2) is 0 Å². The molecule has 4 heteroatoms. The van der Waals surface area contributed by atoms with Crippen LogP contribution in [-0.4, -0.2) is 18.7 Å². The Labute approximate surface area is 79.0 Å². The van der Waals surface area contributed by atoms with E-state index in [0.29, 0.717) is 12.6 Å². The molecule has 1 amide bonds. The summed E-state index contributed by atoms with van der Waals surface area (Å²) in [5, 5.41) is 0. The van der Waals surface area contributed by atoms with Crippen molar-refractivity contribution in [2.24, 2.45) is 0 Å². The van der Waals surface area contributed by atoms with Crippen LogP contribution in [0.5, 0.6) is 0 Å². The van der Waals surface area contributed by atoms with Gasteiger partial charge in [0.05, 0.1) is 6.61 Å². The molecule has 0 aromatic heterocycles. The number of ether oxygens (including phenoxy) is 1. The molecule has 0 aliphatic heterocycles. The third-order valence-electron chi connectivity index (χ3n) is 2.21. The molecular formula is C9H18N2O2. The van der Waals surface area contributed by atoms with E-state index in [1.54, 1.807) is 0 Å². The number of hydrogen-bond acceptors (Lipinski definition) is 3. The zero-order valence-electron chi connectivity index (χ0n) is 8.14. The molecule has 1 aliphatic rings. The van der Waals surface area contributed by atoms with Gasteiger partial charge >= 0.3 is 6.09 Å². The van der Waals surface area contributed by atoms with Gasteiger partial charge in [-0.25, -0.2) is 10.2 Å². The first-order valence-electron chi connectivity index (χ1n) is 5.01. The fourth-order valence-electron chi connectivity index (χ4n) is 1.06. The van der Waals surface area contributed by atoms with E-state index in [0.717, 1.165) is 25.7 Å². The summed E-state index contributed by atoms with van der Waals surface area (Å²) >= 11 is 0. The zero-order chi connectivity index (χ0) is 9.52. The van der Waals surface area contributed by atoms with Crippen LogP contribution in [0.25, 0.3) is 0 Å². The minimum Gasteiger partial charge on any atom is -0.449 e. The minimum absolute atomic E-state index is 0.361. The summed E-state index contributed by atoms with van der Waals surface area (Å²) in [5.41, 5.74) is 5.45. The Morgan fingerprint density at radius 1 is 1.54 bits per heavy atom. The second-order valence-corrected chi connectivity index (χ2v) is 3.39. The van der Waals surface area contributed by atoms with Crippen LogP contribution in [0.1, 0.15) is 39.0 Å². The minimum atomic E-state index is -0.361. The molecule has 0 spiro atoms. The lowest BCUT2D eigenvalue weighted by molar-refractivity contribution is 0.134. The number of unbranched alkanes of at least 4 members (excludes halogenated alkanes) is 1. The highest BCUT2D eigenvalue weighted by molar-refractivity contribution is 5.66. The average Bonchev–Trinajstić information content (AvgIpc) is 2.02. The zero-order valence-corrected chi connectivity index (χ0v) is 8.14. The summed E-state index contributed by atoms with van der Waals surface area (Å²) in [5.74, 6) is 0. The molecule has 4 nitrogen and oxygen atoms in total. The number of rotatable bonds is 5. The second-order valence-electron chi connectivity index (χ2n) is 3.39. The number of nitrogens with one attached hydrogen (secondary N) is 2. The van der Waals surface area contributed by atoms with Gasteiger partial charge < -0.3 is 4.74 Å². The predicted octanol–water partition coefficient (Wildman–Crippen LogP) is 1.57. The summed E-state index contributed by atoms with van der Waals surface area (Å²) in [7, 11) is 0. The SMILES string of the molecule is CCCCOC(=O)NNC1CCC1. The fraction of sp³-hybridized carbons (Fsp3) is 0.889. The predicted molar refractivity (Wildman–Crippen MR) is 50.2 cm³/mol. The highest BCUT2D eigenvalue weighted by Gasteiger charge is 2.17. The summed E-state index contributed by atoms with van der Waals surface area (Å²) in [6.07, 6.45) is 5.16. The van der Waals surface area contributed by atoms with Gasteiger partial charge in [-0.3, -0.25) is 5.43 Å². The molecule has 0 heterocycles. The lowest BCUT2D eigenvalue weighted by Gasteiger charge is -2.26. The maximum absolute atomic E-state index is 11.0. The molecular weight excluding hydrogens is 168 g/mol. The highest BCUT2D eigenvalue weighted by Crippen LogP contribution is 2.16. The highest BCUT2D eigenvalue weighted by atomic mass is 16.6. The fourth-order valence-corrected chi connectivity index (χ4v) is 1.06. The van der Waals surface area contributed by atoms with Crippen LogP contribution in [-0.2, 0) is 4.74 Å². The van der Waals surface area contributed by atoms with Crippen molar-refractivity contribution in [1.29, 1.82) is 0 Å². The van der Waals surface area contributed by atoms with Gasteiger partial charge in [-0.2, -0.15) is 0 Å². The summed E-state index contributed by atoms with van der Waals surface area (Å²) < 4.78 is 4.89. The van der Waals surface area contributed by atoms with Crippen LogP contribution in [0.3, 0.4) is 0 Å². The Balaban J connectivity index is 1.90. The molecule has 13 heavy (non-hydrogen) atoms. The van der Waals surface area contributed by atoms with Crippen molar-refractivity contribution in [1.82, 2.24) is 10.9 Å². The van der Waals surface area contributed by atoms with E-state index in [1.807, 2.05) is 0 Å². The van der Waals surface area contributed by atoms with E-state index in [4.69, 9.17) is 4.74 Å². The van der Waals surface area contributed by atoms with E-state index in [2.05, 4.69) is 17.8 Å². The number of carbonyl (C=O) groups excluding carboxylic acids is 1. The monoisotopic (exact) mass is 186 g/mol. The van der Waals surface area contributed by atoms with Crippen molar-refractivity contribution in [2.75, 3.05) is 6.61 Å². The van der Waals surface area contributed by atoms with Crippen LogP contribution in [0, 0.1) is 0 Å². The van der Waals surface area contributed by atoms with Gasteiger partial charge in [-0.05, 0) is 19.3 Å². The van der Waals surface area contributed by atoms with Crippen molar-refractivity contribution in [3.8, 4) is 0 Å². The summed E-state index contributed by atoms with van der Waals surface area (Å²) in [4.78, 5) is 11.0. The van der Waals surface area contributed by atoms with E-state index in [9.17, 15) is 4.79 Å². The lowest BCUT2D eigenvalue weighted by Crippen LogP contribution is -2.47. The molecule has 2 N–H and O–H groups in total. The van der Waals surface area contributed by atoms with E-state index in [-0.39, 0.29) is 6.09 Å². The molecule has 1 rings (SSSR count). The van der Waals surface area contributed by atoms with Crippen molar-refractivity contribution in [2.45, 2.75) is 45.1 Å². The van der Waals surface area contributed by atoms with Crippen LogP contribution in [0.2, 0.25) is 0 Å². The van der Waals surface area contributed by atoms with Crippen LogP contribution in [0.15, 0.2) is 0 Å². The smallest absolute Gasteiger partial charge is 0.421 e. The normalized spacial score (nSPS) is 16.4. The number of hydrogen-bond donors (Lipinski definition) is 2. The maximum atomic E-state index is 11.0. The number of hydrazine groups is 1. The third kappa shape index (κ3) is 4.12. The Morgan fingerprint density at radius 3 is 2.85 bits per heavy atom. The van der Waals surface area contributed by atoms with Gasteiger partial charge in [0.2, 0.25) is 0 Å². The molecule has 0 radical (unpaired) electrons. The van der Waals surface area contributed by atoms with Gasteiger partial charge in [0.25, 0.3) is 0 Å². The standard InChI is InChI=1S/C9H18N2O2/c1-2-3-7-13-9(12)11-10-8-5-4-6-8/h8,10H,2-7H2,1H3,(H,11,12). The van der Waals surface area contributed by atoms with E-state index < -0.39 is 0 Å². The lowest BCUT2D eigenvalue weighted by atomic mass is 9.94. The molecule has 0 atom stereocenters. The summed E-state index contributed by atoms with van der Waals surface area (Å²) in [6.45, 7) is 2.57. The van der Waals surface area contributed by atoms with Gasteiger partial charge in [-0.1, -0.05) is 19.8 Å². The van der Waals surface area contributed by atoms with Crippen LogP contribution in [0.4, 0.5) is 4.79 Å². The molecule has 76 valence electrons. The topological polar surface area (TPSA) is 50.4 Å². The number of amides is 1. The van der Waals surface area contributed by atoms with Crippen molar-refractivity contribution in [3.63, 3.8) is 0 Å². The Morgan fingerprint density at radius 2 is 2.31 bits per heavy atom. The first kappa shape index (κ1) is 10.3. The first-order valence-corrected chi connectivity index (χ1v) is 5.01. The molecule has 1 fully saturated rings. The molecule has 0 saturated heterocycles. The van der Waals surface area contributed by atoms with Gasteiger partial charge in [0, 0.05) is 6.04 Å². The molecule has 0 unspecified atom stereocenters. The Kier molecular flexibility index (Phi) is 4.60. The van der Waals surface area contributed by atoms with Crippen LogP contribution < -0.4 is 10.9 Å². The van der Waals surface area contributed by atoms with E-state index >= 15 is 0 Å². The van der Waals surface area contributed by atoms with Gasteiger partial charge in [-0.15, -0.1) is 0 Å². The molecule has 1 aliphatic carbocycles. The van der Waals surface area contributed by atoms with Crippen molar-refractivity contribution < 1.29 is 9.53 Å². The number of carbonyl (C=O) groups is 1. The Hall–Kier alpha value is -0.770. The molecule has 0 aromatic carbocycles. The quantitative estimate of drug-likeness (QED) is 0.506.